The highest BCUT2D eigenvalue weighted by Crippen LogP contribution is 2.47. The summed E-state index contributed by atoms with van der Waals surface area (Å²) in [5.41, 5.74) is -0.769. The van der Waals surface area contributed by atoms with Gasteiger partial charge in [-0.3, -0.25) is 9.88 Å². The monoisotopic (exact) mass is 569 g/mol. The van der Waals surface area contributed by atoms with Crippen molar-refractivity contribution in [1.29, 1.82) is 0 Å². The fourth-order valence-electron chi connectivity index (χ4n) is 7.17. The molecule has 0 radical (unpaired) electrons. The largest absolute Gasteiger partial charge is 0.508 e. The number of rotatable bonds is 6. The predicted molar refractivity (Wildman–Crippen MR) is 147 cm³/mol. The molecule has 6 aliphatic rings. The minimum atomic E-state index is -2.32. The Morgan fingerprint density at radius 1 is 1.20 bits per heavy atom. The van der Waals surface area contributed by atoms with E-state index < -0.39 is 29.8 Å². The maximum absolute atomic E-state index is 16.6. The van der Waals surface area contributed by atoms with E-state index in [2.05, 4.69) is 20.2 Å². The summed E-state index contributed by atoms with van der Waals surface area (Å²) in [6, 6.07) is 2.56. The van der Waals surface area contributed by atoms with E-state index in [-0.39, 0.29) is 72.5 Å². The molecule has 1 aromatic carbocycles. The highest BCUT2D eigenvalue weighted by molar-refractivity contribution is 5.92. The molecule has 2 unspecified atom stereocenters. The predicted octanol–water partition coefficient (Wildman–Crippen LogP) is 4.45. The van der Waals surface area contributed by atoms with Gasteiger partial charge in [0, 0.05) is 64.3 Å². The molecule has 3 aromatic rings. The van der Waals surface area contributed by atoms with Crippen LogP contribution in [0.15, 0.2) is 18.3 Å². The van der Waals surface area contributed by atoms with E-state index in [4.69, 9.17) is 13.8 Å². The molecule has 11 heteroatoms. The summed E-state index contributed by atoms with van der Waals surface area (Å²) in [4.78, 5) is 17.1. The molecule has 1 aliphatic carbocycles. The molecule has 0 spiro atoms. The first-order valence-corrected chi connectivity index (χ1v) is 14.4. The Labute approximate surface area is 240 Å². The van der Waals surface area contributed by atoms with Crippen LogP contribution >= 0.6 is 0 Å². The number of benzene rings is 1. The van der Waals surface area contributed by atoms with E-state index in [1.165, 1.54) is 17.2 Å². The summed E-state index contributed by atoms with van der Waals surface area (Å²) < 4.78 is 77.4. The molecule has 2 bridgehead atoms. The number of phenols is 1. The molecule has 1 saturated carbocycles. The number of nitrogens with zero attached hydrogens (tertiary/aromatic N) is 5. The van der Waals surface area contributed by atoms with Gasteiger partial charge in [0.1, 0.15) is 41.3 Å². The van der Waals surface area contributed by atoms with Crippen molar-refractivity contribution in [2.45, 2.75) is 74.6 Å². The van der Waals surface area contributed by atoms with Crippen LogP contribution in [0.3, 0.4) is 0 Å². The third-order valence-corrected chi connectivity index (χ3v) is 9.41. The third-order valence-electron chi connectivity index (χ3n) is 9.41. The Balaban J connectivity index is 1.23. The van der Waals surface area contributed by atoms with Crippen molar-refractivity contribution in [3.05, 3.63) is 35.5 Å². The second-order valence-corrected chi connectivity index (χ2v) is 12.1. The average Bonchev–Trinajstić information content (AvgIpc) is 3.74. The van der Waals surface area contributed by atoms with Gasteiger partial charge in [0.25, 0.3) is 0 Å². The van der Waals surface area contributed by atoms with Gasteiger partial charge in [-0.15, -0.1) is 0 Å². The summed E-state index contributed by atoms with van der Waals surface area (Å²) in [6.07, 6.45) is 2.86. The minimum absolute atomic E-state index is 0.0715. The zero-order valence-corrected chi connectivity index (χ0v) is 22.5. The summed E-state index contributed by atoms with van der Waals surface area (Å²) in [6.45, 7) is -0.938. The van der Waals surface area contributed by atoms with Gasteiger partial charge in [0.15, 0.2) is 5.82 Å². The number of phenolic OH excluding ortho intramolecular Hbond substituents is 1. The quantitative estimate of drug-likeness (QED) is 0.451. The zero-order chi connectivity index (χ0) is 30.6. The van der Waals surface area contributed by atoms with Crippen LogP contribution in [-0.2, 0) is 0 Å². The summed E-state index contributed by atoms with van der Waals surface area (Å²) in [7, 11) is 0. The van der Waals surface area contributed by atoms with Gasteiger partial charge < -0.3 is 20.1 Å². The lowest BCUT2D eigenvalue weighted by Gasteiger charge is -2.46. The number of fused-ring (bicyclic) bond motifs is 5. The Kier molecular flexibility index (Phi) is 5.15. The number of alkyl halides is 1. The average molecular weight is 570 g/mol. The number of hydrogen-bond donors (Lipinski definition) is 2. The van der Waals surface area contributed by atoms with Crippen LogP contribution in [0.5, 0.6) is 11.8 Å². The molecule has 5 aliphatic heterocycles. The molecule has 6 fully saturated rings. The van der Waals surface area contributed by atoms with Crippen LogP contribution in [0.4, 0.5) is 19.0 Å². The molecule has 2 N–H and O–H groups in total. The number of hydrogen-bond acceptors (Lipinski definition) is 8. The number of pyridine rings is 1. The smallest absolute Gasteiger partial charge is 0.319 e. The van der Waals surface area contributed by atoms with E-state index in [9.17, 15) is 9.50 Å². The van der Waals surface area contributed by atoms with Crippen molar-refractivity contribution in [2.75, 3.05) is 37.6 Å². The molecular formula is C30H33F3N6O2. The first-order chi connectivity index (χ1) is 20.9. The number of ether oxygens (including phenoxy) is 1. The highest BCUT2D eigenvalue weighted by atomic mass is 19.1. The molecule has 9 rings (SSSR count). The summed E-state index contributed by atoms with van der Waals surface area (Å²) in [5.74, 6) is -1.37. The normalized spacial score (nSPS) is 33.5. The van der Waals surface area contributed by atoms with E-state index in [1.807, 2.05) is 0 Å². The summed E-state index contributed by atoms with van der Waals surface area (Å²) in [5, 5.41) is 14.1. The highest BCUT2D eigenvalue weighted by Gasteiger charge is 2.49. The molecule has 4 atom stereocenters. The Morgan fingerprint density at radius 3 is 2.83 bits per heavy atom. The van der Waals surface area contributed by atoms with Crippen LogP contribution in [0.2, 0.25) is 0 Å². The fraction of sp³-hybridized carbons (Fsp3) is 0.567. The van der Waals surface area contributed by atoms with Crippen molar-refractivity contribution >= 4 is 16.7 Å². The van der Waals surface area contributed by atoms with Gasteiger partial charge in [-0.1, -0.05) is 0 Å². The number of piperidine rings is 2. The number of anilines is 1. The first kappa shape index (κ1) is 22.4. The molecule has 5 saturated heterocycles. The fourth-order valence-corrected chi connectivity index (χ4v) is 7.17. The van der Waals surface area contributed by atoms with Crippen LogP contribution in [-0.4, -0.2) is 81.5 Å². The molecule has 0 amide bonds. The van der Waals surface area contributed by atoms with Gasteiger partial charge in [0.05, 0.1) is 12.3 Å². The van der Waals surface area contributed by atoms with Crippen molar-refractivity contribution in [1.82, 2.24) is 25.2 Å². The van der Waals surface area contributed by atoms with Crippen LogP contribution < -0.4 is 15.0 Å². The van der Waals surface area contributed by atoms with Crippen molar-refractivity contribution < 1.29 is 27.1 Å². The first-order valence-electron chi connectivity index (χ1n) is 15.9. The Bertz CT molecular complexity index is 1670. The second kappa shape index (κ2) is 9.42. The lowest BCUT2D eigenvalue weighted by Crippen LogP contribution is -2.61. The number of halogens is 3. The van der Waals surface area contributed by atoms with Crippen molar-refractivity contribution in [3.63, 3.8) is 0 Å². The third kappa shape index (κ3) is 4.22. The Hall–Kier alpha value is -3.18. The summed E-state index contributed by atoms with van der Waals surface area (Å²) >= 11 is 0. The van der Waals surface area contributed by atoms with E-state index in [0.29, 0.717) is 29.7 Å². The molecule has 41 heavy (non-hydrogen) atoms. The van der Waals surface area contributed by atoms with Crippen LogP contribution in [0.25, 0.3) is 22.2 Å². The van der Waals surface area contributed by atoms with Gasteiger partial charge in [-0.05, 0) is 57.0 Å². The number of aromatic hydroxyl groups is 1. The van der Waals surface area contributed by atoms with Crippen molar-refractivity contribution in [3.8, 4) is 23.0 Å². The molecular weight excluding hydrogens is 533 g/mol. The lowest BCUT2D eigenvalue weighted by molar-refractivity contribution is 0.107. The molecule has 8 nitrogen and oxygen atoms in total. The van der Waals surface area contributed by atoms with Crippen LogP contribution in [0.1, 0.15) is 60.5 Å². The molecule has 216 valence electrons. The number of piperazine rings is 1. The zero-order valence-electron chi connectivity index (χ0n) is 25.5. The lowest BCUT2D eigenvalue weighted by atomic mass is 9.93. The van der Waals surface area contributed by atoms with Gasteiger partial charge in [-0.25, -0.2) is 13.2 Å². The standard InChI is InChI=1S/C30H33F3N6O2/c31-17-10-30(6-1-7-38(30)13-17)15-41-29-36-27-22(28(37-29)39-14-18-4-5-19(39)11-34-18)12-35-26(25(27)33)21-8-20(40)9-23(32)24(21)16-2-3-16/h8-9,12,16-19,34,40H,1-7,10-11,13-15H2/t17-,18?,19?,30+/m1/s1/i7D2,17D. The van der Waals surface area contributed by atoms with E-state index in [1.54, 1.807) is 0 Å². The number of nitrogens with one attached hydrogen (secondary N) is 1. The minimum Gasteiger partial charge on any atom is -0.508 e. The van der Waals surface area contributed by atoms with Gasteiger partial charge in [0.2, 0.25) is 0 Å². The van der Waals surface area contributed by atoms with Crippen molar-refractivity contribution in [2.24, 2.45) is 0 Å². The maximum atomic E-state index is 16.6. The van der Waals surface area contributed by atoms with Crippen LogP contribution in [0, 0.1) is 11.6 Å². The number of aromatic nitrogens is 3. The molecule has 7 heterocycles. The molecule has 2 aromatic heterocycles. The van der Waals surface area contributed by atoms with E-state index in [0.717, 1.165) is 38.3 Å². The topological polar surface area (TPSA) is 86.6 Å². The Morgan fingerprint density at radius 2 is 2.07 bits per heavy atom. The second-order valence-electron chi connectivity index (χ2n) is 12.1. The van der Waals surface area contributed by atoms with E-state index >= 15 is 8.78 Å². The van der Waals surface area contributed by atoms with Gasteiger partial charge in [-0.2, -0.15) is 9.97 Å². The SMILES string of the molecule is [2H]C1([2H])CC[C@@]2(COc3nc(N4CC5CCC4CN5)c4cnc(-c5cc(O)cc(F)c5C5CC5)c(F)c4n3)C[C@@]([2H])(F)CN12. The maximum Gasteiger partial charge on any atom is 0.319 e. The van der Waals surface area contributed by atoms with Gasteiger partial charge >= 0.3 is 6.01 Å².